The summed E-state index contributed by atoms with van der Waals surface area (Å²) in [6.07, 6.45) is 2.68. The average molecular weight is 222 g/mol. The first-order chi connectivity index (χ1) is 7.64. The number of unbranched alkanes of at least 4 members (excludes halogenated alkanes) is 1. The summed E-state index contributed by atoms with van der Waals surface area (Å²) in [6.45, 7) is 4.07. The molecule has 0 fully saturated rings. The molecule has 0 aliphatic heterocycles. The van der Waals surface area contributed by atoms with Gasteiger partial charge in [0.25, 0.3) is 0 Å². The Morgan fingerprint density at radius 3 is 2.31 bits per heavy atom. The first kappa shape index (κ1) is 14.5. The van der Waals surface area contributed by atoms with Crippen LogP contribution in [-0.4, -0.2) is 12.6 Å². The lowest BCUT2D eigenvalue weighted by Gasteiger charge is -2.17. The summed E-state index contributed by atoms with van der Waals surface area (Å²) >= 11 is 0. The third-order valence-corrected chi connectivity index (χ3v) is 2.45. The van der Waals surface area contributed by atoms with E-state index >= 15 is 0 Å². The molecule has 0 saturated carbocycles. The lowest BCUT2D eigenvalue weighted by molar-refractivity contribution is -0.143. The van der Waals surface area contributed by atoms with Gasteiger partial charge in [-0.1, -0.05) is 19.8 Å². The molecule has 0 N–H and O–H groups in total. The fourth-order valence-corrected chi connectivity index (χ4v) is 1.40. The zero-order valence-electron chi connectivity index (χ0n) is 9.95. The monoisotopic (exact) mass is 222 g/mol. The molecule has 0 rings (SSSR count). The van der Waals surface area contributed by atoms with E-state index in [9.17, 15) is 4.79 Å². The lowest BCUT2D eigenvalue weighted by atomic mass is 9.81. The Morgan fingerprint density at radius 1 is 1.25 bits per heavy atom. The molecule has 4 nitrogen and oxygen atoms in total. The summed E-state index contributed by atoms with van der Waals surface area (Å²) in [7, 11) is 0. The molecule has 16 heavy (non-hydrogen) atoms. The van der Waals surface area contributed by atoms with Crippen LogP contribution in [-0.2, 0) is 9.53 Å². The van der Waals surface area contributed by atoms with Crippen molar-refractivity contribution in [2.45, 2.75) is 46.0 Å². The van der Waals surface area contributed by atoms with E-state index in [1.54, 1.807) is 6.92 Å². The number of rotatable bonds is 7. The molecule has 0 heterocycles. The molecule has 0 radical (unpaired) electrons. The van der Waals surface area contributed by atoms with Gasteiger partial charge in [-0.2, -0.15) is 10.5 Å². The molecule has 0 bridgehead atoms. The van der Waals surface area contributed by atoms with Crippen molar-refractivity contribution in [2.24, 2.45) is 5.41 Å². The van der Waals surface area contributed by atoms with Gasteiger partial charge in [0.1, 0.15) is 5.41 Å². The minimum Gasteiger partial charge on any atom is -0.466 e. The van der Waals surface area contributed by atoms with Crippen LogP contribution in [0.15, 0.2) is 0 Å². The lowest BCUT2D eigenvalue weighted by Crippen LogP contribution is -2.18. The molecule has 0 aliphatic rings. The normalized spacial score (nSPS) is 10.2. The molecule has 0 aliphatic carbocycles. The minimum absolute atomic E-state index is 0.138. The highest BCUT2D eigenvalue weighted by atomic mass is 16.5. The summed E-state index contributed by atoms with van der Waals surface area (Å²) in [5, 5.41) is 18.0. The Morgan fingerprint density at radius 2 is 1.88 bits per heavy atom. The standard InChI is InChI=1S/C12H18N2O2/c1-3-5-7-12(9-13,10-14)8-6-11(15)16-4-2/h3-8H2,1-2H3. The summed E-state index contributed by atoms with van der Waals surface area (Å²) < 4.78 is 4.77. The highest BCUT2D eigenvalue weighted by molar-refractivity contribution is 5.69. The van der Waals surface area contributed by atoms with Crippen molar-refractivity contribution in [3.05, 3.63) is 0 Å². The predicted octanol–water partition coefficient (Wildman–Crippen LogP) is 2.55. The SMILES string of the molecule is CCCCC(C#N)(C#N)CCC(=O)OCC. The molecule has 0 saturated heterocycles. The smallest absolute Gasteiger partial charge is 0.305 e. The summed E-state index contributed by atoms with van der Waals surface area (Å²) in [5.74, 6) is -0.339. The molecule has 0 amide bonds. The molecular weight excluding hydrogens is 204 g/mol. The minimum atomic E-state index is -1.03. The van der Waals surface area contributed by atoms with E-state index in [0.29, 0.717) is 13.0 Å². The number of nitriles is 2. The fourth-order valence-electron chi connectivity index (χ4n) is 1.40. The number of nitrogens with zero attached hydrogens (tertiary/aromatic N) is 2. The van der Waals surface area contributed by atoms with Crippen molar-refractivity contribution in [1.82, 2.24) is 0 Å². The van der Waals surface area contributed by atoms with Crippen LogP contribution >= 0.6 is 0 Å². The van der Waals surface area contributed by atoms with E-state index in [1.165, 1.54) is 0 Å². The van der Waals surface area contributed by atoms with Gasteiger partial charge in [-0.3, -0.25) is 4.79 Å². The molecular formula is C12H18N2O2. The van der Waals surface area contributed by atoms with Crippen LogP contribution in [0, 0.1) is 28.1 Å². The van der Waals surface area contributed by atoms with Crippen LogP contribution in [0.3, 0.4) is 0 Å². The zero-order chi connectivity index (χ0) is 12.4. The van der Waals surface area contributed by atoms with E-state index in [0.717, 1.165) is 12.8 Å². The van der Waals surface area contributed by atoms with Crippen LogP contribution in [0.4, 0.5) is 0 Å². The second kappa shape index (κ2) is 7.70. The quantitative estimate of drug-likeness (QED) is 0.620. The van der Waals surface area contributed by atoms with E-state index in [1.807, 2.05) is 19.1 Å². The summed E-state index contributed by atoms with van der Waals surface area (Å²) in [4.78, 5) is 11.2. The van der Waals surface area contributed by atoms with Crippen molar-refractivity contribution in [2.75, 3.05) is 6.61 Å². The molecule has 0 aromatic carbocycles. The van der Waals surface area contributed by atoms with E-state index in [4.69, 9.17) is 15.3 Å². The molecule has 88 valence electrons. The van der Waals surface area contributed by atoms with E-state index < -0.39 is 5.41 Å². The number of carbonyl (C=O) groups is 1. The number of carbonyl (C=O) groups excluding carboxylic acids is 1. The largest absolute Gasteiger partial charge is 0.466 e. The Kier molecular flexibility index (Phi) is 6.96. The zero-order valence-corrected chi connectivity index (χ0v) is 9.95. The number of esters is 1. The second-order valence-electron chi connectivity index (χ2n) is 3.71. The highest BCUT2D eigenvalue weighted by Crippen LogP contribution is 2.29. The van der Waals surface area contributed by atoms with Gasteiger partial charge in [0.2, 0.25) is 0 Å². The maximum atomic E-state index is 11.2. The van der Waals surface area contributed by atoms with Gasteiger partial charge in [-0.25, -0.2) is 0 Å². The van der Waals surface area contributed by atoms with E-state index in [2.05, 4.69) is 0 Å². The van der Waals surface area contributed by atoms with Gasteiger partial charge in [-0.15, -0.1) is 0 Å². The predicted molar refractivity (Wildman–Crippen MR) is 59.1 cm³/mol. The van der Waals surface area contributed by atoms with Gasteiger partial charge in [0.05, 0.1) is 18.7 Å². The van der Waals surface area contributed by atoms with E-state index in [-0.39, 0.29) is 18.8 Å². The Hall–Kier alpha value is -1.55. The molecule has 0 atom stereocenters. The molecule has 4 heteroatoms. The van der Waals surface area contributed by atoms with Crippen molar-refractivity contribution in [3.63, 3.8) is 0 Å². The molecule has 0 spiro atoms. The van der Waals surface area contributed by atoms with Crippen LogP contribution in [0.5, 0.6) is 0 Å². The third-order valence-electron chi connectivity index (χ3n) is 2.45. The van der Waals surface area contributed by atoms with Gasteiger partial charge in [0, 0.05) is 6.42 Å². The first-order valence-corrected chi connectivity index (χ1v) is 5.62. The number of hydrogen-bond acceptors (Lipinski definition) is 4. The second-order valence-corrected chi connectivity index (χ2v) is 3.71. The third kappa shape index (κ3) is 4.79. The molecule has 0 aromatic rings. The van der Waals surface area contributed by atoms with Crippen LogP contribution < -0.4 is 0 Å². The van der Waals surface area contributed by atoms with Crippen LogP contribution in [0.25, 0.3) is 0 Å². The average Bonchev–Trinajstić information content (AvgIpc) is 2.31. The van der Waals surface area contributed by atoms with Gasteiger partial charge >= 0.3 is 5.97 Å². The molecule has 0 aromatic heterocycles. The first-order valence-electron chi connectivity index (χ1n) is 5.62. The van der Waals surface area contributed by atoms with Crippen LogP contribution in [0.2, 0.25) is 0 Å². The van der Waals surface area contributed by atoms with Crippen molar-refractivity contribution < 1.29 is 9.53 Å². The van der Waals surface area contributed by atoms with Crippen molar-refractivity contribution in [3.8, 4) is 12.1 Å². The maximum Gasteiger partial charge on any atom is 0.305 e. The maximum absolute atomic E-state index is 11.2. The van der Waals surface area contributed by atoms with Gasteiger partial charge < -0.3 is 4.74 Å². The highest BCUT2D eigenvalue weighted by Gasteiger charge is 2.30. The van der Waals surface area contributed by atoms with Crippen molar-refractivity contribution in [1.29, 1.82) is 10.5 Å². The topological polar surface area (TPSA) is 73.9 Å². The Balaban J connectivity index is 4.29. The van der Waals surface area contributed by atoms with Crippen LogP contribution in [0.1, 0.15) is 46.0 Å². The van der Waals surface area contributed by atoms with Gasteiger partial charge in [-0.05, 0) is 19.8 Å². The van der Waals surface area contributed by atoms with Crippen molar-refractivity contribution >= 4 is 5.97 Å². The molecule has 0 unspecified atom stereocenters. The Labute approximate surface area is 96.8 Å². The number of ether oxygens (including phenoxy) is 1. The Bertz CT molecular complexity index is 285. The fraction of sp³-hybridized carbons (Fsp3) is 0.750. The number of hydrogen-bond donors (Lipinski definition) is 0. The van der Waals surface area contributed by atoms with Gasteiger partial charge in [0.15, 0.2) is 0 Å². The summed E-state index contributed by atoms with van der Waals surface area (Å²) in [5.41, 5.74) is -1.03. The summed E-state index contributed by atoms with van der Waals surface area (Å²) in [6, 6.07) is 4.06.